The number of amides is 1. The van der Waals surface area contributed by atoms with Crippen LogP contribution in [0.4, 0.5) is 0 Å². The van der Waals surface area contributed by atoms with Gasteiger partial charge in [0.2, 0.25) is 0 Å². The smallest absolute Gasteiger partial charge is 0.314 e. The molecule has 0 fully saturated rings. The lowest BCUT2D eigenvalue weighted by Crippen LogP contribution is -2.27. The Morgan fingerprint density at radius 1 is 1.36 bits per heavy atom. The molecular formula is C16H21BrN2O3. The number of esters is 1. The molecule has 5 nitrogen and oxygen atoms in total. The van der Waals surface area contributed by atoms with Crippen molar-refractivity contribution in [3.05, 3.63) is 33.8 Å². The van der Waals surface area contributed by atoms with E-state index in [1.165, 1.54) is 0 Å². The van der Waals surface area contributed by atoms with Crippen LogP contribution in [-0.2, 0) is 9.53 Å². The number of nitrogens with one attached hydrogen (secondary N) is 1. The molecule has 1 aromatic rings. The quantitative estimate of drug-likeness (QED) is 0.474. The molecule has 1 rings (SSSR count). The van der Waals surface area contributed by atoms with Gasteiger partial charge in [-0.05, 0) is 44.9 Å². The predicted octanol–water partition coefficient (Wildman–Crippen LogP) is 3.45. The first-order valence-electron chi connectivity index (χ1n) is 7.18. The predicted molar refractivity (Wildman–Crippen MR) is 89.9 cm³/mol. The molecule has 0 spiro atoms. The van der Waals surface area contributed by atoms with Crippen molar-refractivity contribution in [1.82, 2.24) is 5.43 Å². The van der Waals surface area contributed by atoms with Crippen LogP contribution in [0.5, 0.6) is 0 Å². The Morgan fingerprint density at radius 3 is 2.59 bits per heavy atom. The number of nitrogens with zero attached hydrogens (tertiary/aromatic N) is 1. The maximum Gasteiger partial charge on any atom is 0.314 e. The van der Waals surface area contributed by atoms with Crippen molar-refractivity contribution >= 4 is 33.5 Å². The van der Waals surface area contributed by atoms with E-state index in [0.717, 1.165) is 10.0 Å². The van der Waals surface area contributed by atoms with E-state index in [0.29, 0.717) is 24.3 Å². The number of halogens is 1. The maximum atomic E-state index is 12.1. The number of carbonyl (C=O) groups is 2. The summed E-state index contributed by atoms with van der Waals surface area (Å²) in [7, 11) is 0. The molecule has 0 heterocycles. The van der Waals surface area contributed by atoms with Gasteiger partial charge < -0.3 is 4.74 Å². The standard InChI is InChI=1S/C16H21BrN2O3/c1-5-13(16(21)22-6-2)11(4)18-19-15(20)12-8-7-10(3)14(17)9-12/h7-9,13H,5-6H2,1-4H3,(H,19,20). The van der Waals surface area contributed by atoms with Crippen molar-refractivity contribution in [2.45, 2.75) is 34.1 Å². The van der Waals surface area contributed by atoms with Crippen molar-refractivity contribution in [3.63, 3.8) is 0 Å². The van der Waals surface area contributed by atoms with Gasteiger partial charge in [0.15, 0.2) is 0 Å². The maximum absolute atomic E-state index is 12.1. The third kappa shape index (κ3) is 4.94. The number of carbonyl (C=O) groups excluding carboxylic acids is 2. The van der Waals surface area contributed by atoms with E-state index in [2.05, 4.69) is 26.5 Å². The number of rotatable bonds is 6. The second-order valence-electron chi connectivity index (χ2n) is 4.87. The third-order valence-electron chi connectivity index (χ3n) is 3.25. The molecular weight excluding hydrogens is 348 g/mol. The van der Waals surface area contributed by atoms with Gasteiger partial charge >= 0.3 is 5.97 Å². The molecule has 1 atom stereocenters. The lowest BCUT2D eigenvalue weighted by molar-refractivity contribution is -0.145. The first-order chi connectivity index (χ1) is 10.4. The van der Waals surface area contributed by atoms with Crippen LogP contribution in [-0.4, -0.2) is 24.2 Å². The fourth-order valence-corrected chi connectivity index (χ4v) is 2.27. The zero-order chi connectivity index (χ0) is 16.7. The monoisotopic (exact) mass is 368 g/mol. The molecule has 22 heavy (non-hydrogen) atoms. The van der Waals surface area contributed by atoms with Crippen LogP contribution in [0.1, 0.15) is 43.1 Å². The largest absolute Gasteiger partial charge is 0.465 e. The fourth-order valence-electron chi connectivity index (χ4n) is 1.89. The van der Waals surface area contributed by atoms with Crippen LogP contribution in [0.2, 0.25) is 0 Å². The summed E-state index contributed by atoms with van der Waals surface area (Å²) in [6.45, 7) is 7.61. The average Bonchev–Trinajstić information content (AvgIpc) is 2.48. The van der Waals surface area contributed by atoms with Gasteiger partial charge in [-0.1, -0.05) is 28.9 Å². The van der Waals surface area contributed by atoms with E-state index in [4.69, 9.17) is 4.74 Å². The van der Waals surface area contributed by atoms with Gasteiger partial charge in [0.05, 0.1) is 12.5 Å². The topological polar surface area (TPSA) is 67.8 Å². The Morgan fingerprint density at radius 2 is 2.05 bits per heavy atom. The second kappa shape index (κ2) is 8.68. The molecule has 0 aromatic heterocycles. The highest BCUT2D eigenvalue weighted by molar-refractivity contribution is 9.10. The molecule has 1 N–H and O–H groups in total. The highest BCUT2D eigenvalue weighted by atomic mass is 79.9. The molecule has 1 aromatic carbocycles. The minimum Gasteiger partial charge on any atom is -0.465 e. The Bertz CT molecular complexity index is 585. The van der Waals surface area contributed by atoms with E-state index in [1.54, 1.807) is 26.0 Å². The molecule has 0 radical (unpaired) electrons. The summed E-state index contributed by atoms with van der Waals surface area (Å²) in [5.41, 5.74) is 4.55. The number of hydrazone groups is 1. The molecule has 1 unspecified atom stereocenters. The molecule has 1 amide bonds. The van der Waals surface area contributed by atoms with Crippen molar-refractivity contribution in [2.75, 3.05) is 6.61 Å². The Kier molecular flexibility index (Phi) is 7.24. The minimum absolute atomic E-state index is 0.321. The molecule has 0 saturated carbocycles. The van der Waals surface area contributed by atoms with Crippen molar-refractivity contribution in [3.8, 4) is 0 Å². The van der Waals surface area contributed by atoms with E-state index in [9.17, 15) is 9.59 Å². The zero-order valence-electron chi connectivity index (χ0n) is 13.3. The van der Waals surface area contributed by atoms with Crippen LogP contribution in [0.15, 0.2) is 27.8 Å². The summed E-state index contributed by atoms with van der Waals surface area (Å²) in [6, 6.07) is 5.31. The number of hydrogen-bond acceptors (Lipinski definition) is 4. The Balaban J connectivity index is 2.78. The second-order valence-corrected chi connectivity index (χ2v) is 5.73. The third-order valence-corrected chi connectivity index (χ3v) is 4.11. The van der Waals surface area contributed by atoms with Gasteiger partial charge in [-0.25, -0.2) is 5.43 Å². The van der Waals surface area contributed by atoms with Gasteiger partial charge in [0.1, 0.15) is 0 Å². The van der Waals surface area contributed by atoms with Crippen molar-refractivity contribution in [1.29, 1.82) is 0 Å². The minimum atomic E-state index is -0.440. The van der Waals surface area contributed by atoms with Crippen LogP contribution in [0, 0.1) is 12.8 Å². The first kappa shape index (κ1) is 18.4. The van der Waals surface area contributed by atoms with E-state index < -0.39 is 5.92 Å². The molecule has 0 aliphatic heterocycles. The van der Waals surface area contributed by atoms with Gasteiger partial charge in [0.25, 0.3) is 5.91 Å². The summed E-state index contributed by atoms with van der Waals surface area (Å²) in [5.74, 6) is -1.08. The molecule has 0 aliphatic carbocycles. The Labute approximate surface area is 139 Å². The van der Waals surface area contributed by atoms with Crippen LogP contribution in [0.3, 0.4) is 0 Å². The van der Waals surface area contributed by atoms with Crippen LogP contribution in [0.25, 0.3) is 0 Å². The van der Waals surface area contributed by atoms with Gasteiger partial charge in [-0.3, -0.25) is 9.59 Å². The molecule has 120 valence electrons. The van der Waals surface area contributed by atoms with E-state index in [-0.39, 0.29) is 11.9 Å². The van der Waals surface area contributed by atoms with E-state index in [1.807, 2.05) is 19.9 Å². The van der Waals surface area contributed by atoms with Gasteiger partial charge in [-0.2, -0.15) is 5.10 Å². The normalized spacial score (nSPS) is 12.7. The summed E-state index contributed by atoms with van der Waals surface area (Å²) in [6.07, 6.45) is 0.570. The lowest BCUT2D eigenvalue weighted by atomic mass is 10.0. The number of benzene rings is 1. The van der Waals surface area contributed by atoms with Gasteiger partial charge in [0, 0.05) is 15.7 Å². The summed E-state index contributed by atoms with van der Waals surface area (Å²) in [4.78, 5) is 23.9. The van der Waals surface area contributed by atoms with E-state index >= 15 is 0 Å². The highest BCUT2D eigenvalue weighted by Gasteiger charge is 2.21. The molecule has 6 heteroatoms. The first-order valence-corrected chi connectivity index (χ1v) is 7.97. The molecule has 0 saturated heterocycles. The molecule has 0 aliphatic rings. The summed E-state index contributed by atoms with van der Waals surface area (Å²) < 4.78 is 5.86. The van der Waals surface area contributed by atoms with Gasteiger partial charge in [-0.15, -0.1) is 0 Å². The lowest BCUT2D eigenvalue weighted by Gasteiger charge is -2.13. The van der Waals surface area contributed by atoms with Crippen molar-refractivity contribution < 1.29 is 14.3 Å². The van der Waals surface area contributed by atoms with Crippen LogP contribution >= 0.6 is 15.9 Å². The average molecular weight is 369 g/mol. The summed E-state index contributed by atoms with van der Waals surface area (Å²) >= 11 is 3.39. The SMILES string of the molecule is CCOC(=O)C(CC)C(C)=NNC(=O)c1ccc(C)c(Br)c1. The number of aryl methyl sites for hydroxylation is 1. The fraction of sp³-hybridized carbons (Fsp3) is 0.438. The number of hydrogen-bond donors (Lipinski definition) is 1. The Hall–Kier alpha value is -1.69. The molecule has 0 bridgehead atoms. The number of ether oxygens (including phenoxy) is 1. The van der Waals surface area contributed by atoms with Crippen molar-refractivity contribution in [2.24, 2.45) is 11.0 Å². The summed E-state index contributed by atoms with van der Waals surface area (Å²) in [5, 5.41) is 4.03. The highest BCUT2D eigenvalue weighted by Crippen LogP contribution is 2.17. The van der Waals surface area contributed by atoms with Crippen LogP contribution < -0.4 is 5.43 Å². The zero-order valence-corrected chi connectivity index (χ0v) is 14.9.